The Morgan fingerprint density at radius 1 is 1.10 bits per heavy atom. The van der Waals surface area contributed by atoms with E-state index < -0.39 is 6.04 Å². The first kappa shape index (κ1) is 13.9. The lowest BCUT2D eigenvalue weighted by atomic mass is 9.97. The molecule has 21 heavy (non-hydrogen) atoms. The van der Waals surface area contributed by atoms with Crippen LogP contribution in [0, 0.1) is 12.7 Å². The molecule has 0 radical (unpaired) electrons. The van der Waals surface area contributed by atoms with Gasteiger partial charge in [0.2, 0.25) is 0 Å². The Balaban J connectivity index is 1.96. The minimum Gasteiger partial charge on any atom is -0.490 e. The molecule has 0 aromatic heterocycles. The molecule has 3 rings (SSSR count). The smallest absolute Gasteiger partial charge is 0.161 e. The molecular formula is C17H18FNO2. The van der Waals surface area contributed by atoms with Crippen molar-refractivity contribution in [1.29, 1.82) is 0 Å². The maximum absolute atomic E-state index is 14.2. The van der Waals surface area contributed by atoms with E-state index in [0.29, 0.717) is 35.8 Å². The van der Waals surface area contributed by atoms with Gasteiger partial charge in [-0.3, -0.25) is 0 Å². The van der Waals surface area contributed by atoms with Crippen LogP contribution in [0.3, 0.4) is 0 Å². The highest BCUT2D eigenvalue weighted by atomic mass is 19.1. The third-order valence-electron chi connectivity index (χ3n) is 3.69. The summed E-state index contributed by atoms with van der Waals surface area (Å²) in [5.41, 5.74) is 8.12. The largest absolute Gasteiger partial charge is 0.490 e. The van der Waals surface area contributed by atoms with Crippen LogP contribution in [0.2, 0.25) is 0 Å². The van der Waals surface area contributed by atoms with Crippen LogP contribution >= 0.6 is 0 Å². The van der Waals surface area contributed by atoms with Gasteiger partial charge in [0.1, 0.15) is 5.82 Å². The van der Waals surface area contributed by atoms with Crippen molar-refractivity contribution in [1.82, 2.24) is 0 Å². The van der Waals surface area contributed by atoms with Gasteiger partial charge in [0.05, 0.1) is 19.3 Å². The van der Waals surface area contributed by atoms with Crippen molar-refractivity contribution in [3.8, 4) is 11.5 Å². The molecular weight excluding hydrogens is 269 g/mol. The van der Waals surface area contributed by atoms with E-state index >= 15 is 0 Å². The number of aryl methyl sites for hydroxylation is 1. The maximum Gasteiger partial charge on any atom is 0.161 e. The van der Waals surface area contributed by atoms with Crippen LogP contribution in [-0.2, 0) is 0 Å². The summed E-state index contributed by atoms with van der Waals surface area (Å²) in [5, 5.41) is 0. The lowest BCUT2D eigenvalue weighted by Gasteiger charge is -2.16. The molecule has 1 unspecified atom stereocenters. The van der Waals surface area contributed by atoms with Crippen LogP contribution in [0.25, 0.3) is 0 Å². The van der Waals surface area contributed by atoms with Gasteiger partial charge in [-0.1, -0.05) is 24.3 Å². The maximum atomic E-state index is 14.2. The summed E-state index contributed by atoms with van der Waals surface area (Å²) in [4.78, 5) is 0. The van der Waals surface area contributed by atoms with Crippen molar-refractivity contribution < 1.29 is 13.9 Å². The zero-order chi connectivity index (χ0) is 14.8. The van der Waals surface area contributed by atoms with E-state index in [2.05, 4.69) is 0 Å². The normalized spacial score (nSPS) is 15.4. The number of ether oxygens (including phenoxy) is 2. The predicted molar refractivity (Wildman–Crippen MR) is 79.2 cm³/mol. The Labute approximate surface area is 123 Å². The van der Waals surface area contributed by atoms with Crippen LogP contribution < -0.4 is 15.2 Å². The van der Waals surface area contributed by atoms with Crippen molar-refractivity contribution in [2.45, 2.75) is 19.4 Å². The summed E-state index contributed by atoms with van der Waals surface area (Å²) in [5.74, 6) is 1.14. The van der Waals surface area contributed by atoms with Crippen molar-refractivity contribution in [3.05, 3.63) is 58.9 Å². The number of nitrogens with two attached hydrogens (primary N) is 1. The van der Waals surface area contributed by atoms with E-state index in [4.69, 9.17) is 15.2 Å². The number of benzene rings is 2. The molecule has 0 spiro atoms. The second-order valence-corrected chi connectivity index (χ2v) is 5.21. The molecule has 3 nitrogen and oxygen atoms in total. The van der Waals surface area contributed by atoms with Gasteiger partial charge in [-0.25, -0.2) is 4.39 Å². The van der Waals surface area contributed by atoms with Crippen LogP contribution in [-0.4, -0.2) is 13.2 Å². The second kappa shape index (κ2) is 5.74. The summed E-state index contributed by atoms with van der Waals surface area (Å²) >= 11 is 0. The quantitative estimate of drug-likeness (QED) is 0.921. The first-order valence-electron chi connectivity index (χ1n) is 7.07. The molecule has 1 aliphatic heterocycles. The minimum absolute atomic E-state index is 0.253. The Hall–Kier alpha value is -2.07. The van der Waals surface area contributed by atoms with Crippen LogP contribution in [0.1, 0.15) is 29.2 Å². The number of hydrogen-bond donors (Lipinski definition) is 1. The molecule has 0 aliphatic carbocycles. The monoisotopic (exact) mass is 287 g/mol. The third kappa shape index (κ3) is 2.72. The third-order valence-corrected chi connectivity index (χ3v) is 3.69. The fourth-order valence-electron chi connectivity index (χ4n) is 2.46. The van der Waals surface area contributed by atoms with Gasteiger partial charge in [0.15, 0.2) is 11.5 Å². The zero-order valence-corrected chi connectivity index (χ0v) is 11.9. The molecule has 0 amide bonds. The number of hydrogen-bond acceptors (Lipinski definition) is 3. The van der Waals surface area contributed by atoms with E-state index in [-0.39, 0.29) is 5.82 Å². The molecule has 0 bridgehead atoms. The molecule has 1 heterocycles. The van der Waals surface area contributed by atoms with Crippen molar-refractivity contribution >= 4 is 0 Å². The van der Waals surface area contributed by atoms with E-state index in [1.165, 1.54) is 0 Å². The summed E-state index contributed by atoms with van der Waals surface area (Å²) < 4.78 is 25.5. The van der Waals surface area contributed by atoms with Crippen LogP contribution in [0.15, 0.2) is 36.4 Å². The van der Waals surface area contributed by atoms with Gasteiger partial charge in [-0.15, -0.1) is 0 Å². The lowest BCUT2D eigenvalue weighted by molar-refractivity contribution is 0.297. The first-order chi connectivity index (χ1) is 10.2. The average molecular weight is 287 g/mol. The Morgan fingerprint density at radius 2 is 1.86 bits per heavy atom. The molecule has 0 saturated heterocycles. The molecule has 110 valence electrons. The van der Waals surface area contributed by atoms with E-state index in [0.717, 1.165) is 12.0 Å². The van der Waals surface area contributed by atoms with Crippen molar-refractivity contribution in [2.24, 2.45) is 5.73 Å². The summed E-state index contributed by atoms with van der Waals surface area (Å²) in [7, 11) is 0. The van der Waals surface area contributed by atoms with E-state index in [1.54, 1.807) is 19.1 Å². The standard InChI is InChI=1S/C17H18FNO2/c1-11-4-2-5-13(16(11)18)17(19)12-6-7-14-15(10-12)21-9-3-8-20-14/h2,4-7,10,17H,3,8-9,19H2,1H3. The van der Waals surface area contributed by atoms with Gasteiger partial charge in [-0.2, -0.15) is 0 Å². The van der Waals surface area contributed by atoms with Crippen molar-refractivity contribution in [3.63, 3.8) is 0 Å². The summed E-state index contributed by atoms with van der Waals surface area (Å²) in [6, 6.07) is 10.3. The first-order valence-corrected chi connectivity index (χ1v) is 7.07. The Bertz CT molecular complexity index is 657. The topological polar surface area (TPSA) is 44.5 Å². The van der Waals surface area contributed by atoms with E-state index in [1.807, 2.05) is 24.3 Å². The summed E-state index contributed by atoms with van der Waals surface area (Å²) in [6.45, 7) is 2.99. The molecule has 2 aromatic carbocycles. The SMILES string of the molecule is Cc1cccc(C(N)c2ccc3c(c2)OCCCO3)c1F. The molecule has 0 fully saturated rings. The fraction of sp³-hybridized carbons (Fsp3) is 0.294. The van der Waals surface area contributed by atoms with Crippen LogP contribution in [0.4, 0.5) is 4.39 Å². The predicted octanol–water partition coefficient (Wildman–Crippen LogP) is 3.34. The zero-order valence-electron chi connectivity index (χ0n) is 11.9. The fourth-order valence-corrected chi connectivity index (χ4v) is 2.46. The molecule has 2 aromatic rings. The highest BCUT2D eigenvalue weighted by Crippen LogP contribution is 2.34. The van der Waals surface area contributed by atoms with Gasteiger partial charge in [-0.05, 0) is 30.2 Å². The molecule has 1 atom stereocenters. The lowest BCUT2D eigenvalue weighted by Crippen LogP contribution is -2.14. The molecule has 2 N–H and O–H groups in total. The highest BCUT2D eigenvalue weighted by Gasteiger charge is 2.18. The number of rotatable bonds is 2. The van der Waals surface area contributed by atoms with Crippen molar-refractivity contribution in [2.75, 3.05) is 13.2 Å². The highest BCUT2D eigenvalue weighted by molar-refractivity contribution is 5.46. The average Bonchev–Trinajstić information content (AvgIpc) is 2.74. The second-order valence-electron chi connectivity index (χ2n) is 5.21. The Morgan fingerprint density at radius 3 is 2.67 bits per heavy atom. The van der Waals surface area contributed by atoms with Gasteiger partial charge < -0.3 is 15.2 Å². The number of fused-ring (bicyclic) bond motifs is 1. The number of halogens is 1. The van der Waals surface area contributed by atoms with Gasteiger partial charge in [0.25, 0.3) is 0 Å². The van der Waals surface area contributed by atoms with E-state index in [9.17, 15) is 4.39 Å². The summed E-state index contributed by atoms with van der Waals surface area (Å²) in [6.07, 6.45) is 0.850. The minimum atomic E-state index is -0.526. The Kier molecular flexibility index (Phi) is 3.80. The molecule has 1 aliphatic rings. The van der Waals surface area contributed by atoms with Gasteiger partial charge in [0, 0.05) is 12.0 Å². The molecule has 4 heteroatoms. The molecule has 0 saturated carbocycles. The van der Waals surface area contributed by atoms with Gasteiger partial charge >= 0.3 is 0 Å². The van der Waals surface area contributed by atoms with Crippen LogP contribution in [0.5, 0.6) is 11.5 Å².